The molecule has 5 nitrogen and oxygen atoms in total. The SMILES string of the molecule is CO[C@H](c1ccccc1)C1CN(Cc2c[nH]c3ncccc23)CCO1. The summed E-state index contributed by atoms with van der Waals surface area (Å²) in [6.07, 6.45) is 3.86. The molecule has 1 aliphatic rings. The molecular weight excluding hydrogens is 314 g/mol. The van der Waals surface area contributed by atoms with Gasteiger partial charge in [0, 0.05) is 44.5 Å². The van der Waals surface area contributed by atoms with Crippen molar-refractivity contribution < 1.29 is 9.47 Å². The molecule has 2 atom stereocenters. The summed E-state index contributed by atoms with van der Waals surface area (Å²) < 4.78 is 11.8. The second-order valence-corrected chi connectivity index (χ2v) is 6.42. The molecule has 0 aliphatic carbocycles. The van der Waals surface area contributed by atoms with Crippen LogP contribution in [0.3, 0.4) is 0 Å². The molecular formula is C20H23N3O2. The Hall–Kier alpha value is -2.21. The number of ether oxygens (including phenoxy) is 2. The maximum Gasteiger partial charge on any atom is 0.137 e. The number of hydrogen-bond donors (Lipinski definition) is 1. The van der Waals surface area contributed by atoms with E-state index in [9.17, 15) is 0 Å². The molecule has 1 unspecified atom stereocenters. The Balaban J connectivity index is 1.49. The fourth-order valence-electron chi connectivity index (χ4n) is 3.59. The summed E-state index contributed by atoms with van der Waals surface area (Å²) in [6.45, 7) is 3.38. The van der Waals surface area contributed by atoms with E-state index in [2.05, 4.69) is 39.3 Å². The number of hydrogen-bond acceptors (Lipinski definition) is 4. The first kappa shape index (κ1) is 16.3. The van der Waals surface area contributed by atoms with E-state index in [0.717, 1.165) is 37.5 Å². The van der Waals surface area contributed by atoms with Gasteiger partial charge in [0.15, 0.2) is 0 Å². The summed E-state index contributed by atoms with van der Waals surface area (Å²) in [7, 11) is 1.76. The Morgan fingerprint density at radius 2 is 2.16 bits per heavy atom. The summed E-state index contributed by atoms with van der Waals surface area (Å²) in [4.78, 5) is 10.1. The van der Waals surface area contributed by atoms with Gasteiger partial charge in [0.2, 0.25) is 0 Å². The van der Waals surface area contributed by atoms with E-state index in [0.29, 0.717) is 0 Å². The highest BCUT2D eigenvalue weighted by molar-refractivity contribution is 5.79. The first-order valence-electron chi connectivity index (χ1n) is 8.68. The largest absolute Gasteiger partial charge is 0.374 e. The van der Waals surface area contributed by atoms with Gasteiger partial charge in [-0.1, -0.05) is 30.3 Å². The van der Waals surface area contributed by atoms with Gasteiger partial charge in [-0.05, 0) is 23.3 Å². The number of benzene rings is 1. The number of pyridine rings is 1. The van der Waals surface area contributed by atoms with Crippen LogP contribution >= 0.6 is 0 Å². The highest BCUT2D eigenvalue weighted by Crippen LogP contribution is 2.26. The molecule has 0 amide bonds. The molecule has 3 aromatic rings. The van der Waals surface area contributed by atoms with Gasteiger partial charge in [0.25, 0.3) is 0 Å². The third-order valence-corrected chi connectivity index (χ3v) is 4.83. The molecule has 25 heavy (non-hydrogen) atoms. The van der Waals surface area contributed by atoms with Crippen molar-refractivity contribution >= 4 is 11.0 Å². The molecule has 1 fully saturated rings. The van der Waals surface area contributed by atoms with Crippen LogP contribution < -0.4 is 0 Å². The lowest BCUT2D eigenvalue weighted by Gasteiger charge is -2.36. The van der Waals surface area contributed by atoms with Crippen molar-refractivity contribution in [3.05, 3.63) is 66.0 Å². The van der Waals surface area contributed by atoms with E-state index >= 15 is 0 Å². The average Bonchev–Trinajstić information content (AvgIpc) is 3.07. The summed E-state index contributed by atoms with van der Waals surface area (Å²) in [5.41, 5.74) is 3.38. The predicted molar refractivity (Wildman–Crippen MR) is 97.3 cm³/mol. The number of H-pyrrole nitrogens is 1. The van der Waals surface area contributed by atoms with Crippen molar-refractivity contribution in [1.29, 1.82) is 0 Å². The van der Waals surface area contributed by atoms with Crippen molar-refractivity contribution in [2.24, 2.45) is 0 Å². The Morgan fingerprint density at radius 1 is 1.28 bits per heavy atom. The second kappa shape index (κ2) is 7.35. The third kappa shape index (κ3) is 3.44. The fraction of sp³-hybridized carbons (Fsp3) is 0.350. The molecule has 130 valence electrons. The summed E-state index contributed by atoms with van der Waals surface area (Å²) >= 11 is 0. The van der Waals surface area contributed by atoms with E-state index < -0.39 is 0 Å². The number of aromatic nitrogens is 2. The Bertz CT molecular complexity index is 818. The quantitative estimate of drug-likeness (QED) is 0.777. The van der Waals surface area contributed by atoms with Crippen molar-refractivity contribution in [3.8, 4) is 0 Å². The number of nitrogens with zero attached hydrogens (tertiary/aromatic N) is 2. The van der Waals surface area contributed by atoms with Crippen LogP contribution in [0.15, 0.2) is 54.9 Å². The minimum Gasteiger partial charge on any atom is -0.374 e. The zero-order valence-corrected chi connectivity index (χ0v) is 14.4. The molecule has 3 heterocycles. The maximum absolute atomic E-state index is 6.04. The topological polar surface area (TPSA) is 50.4 Å². The third-order valence-electron chi connectivity index (χ3n) is 4.83. The summed E-state index contributed by atoms with van der Waals surface area (Å²) in [6, 6.07) is 14.4. The molecule has 1 N–H and O–H groups in total. The number of aromatic amines is 1. The van der Waals surface area contributed by atoms with Gasteiger partial charge in [-0.15, -0.1) is 0 Å². The van der Waals surface area contributed by atoms with E-state index in [1.165, 1.54) is 10.9 Å². The lowest BCUT2D eigenvalue weighted by molar-refractivity contribution is -0.104. The second-order valence-electron chi connectivity index (χ2n) is 6.42. The smallest absolute Gasteiger partial charge is 0.137 e. The highest BCUT2D eigenvalue weighted by atomic mass is 16.5. The van der Waals surface area contributed by atoms with E-state index in [-0.39, 0.29) is 12.2 Å². The number of nitrogens with one attached hydrogen (secondary N) is 1. The van der Waals surface area contributed by atoms with Crippen LogP contribution in [-0.2, 0) is 16.0 Å². The Morgan fingerprint density at radius 3 is 3.00 bits per heavy atom. The zero-order valence-electron chi connectivity index (χ0n) is 14.4. The molecule has 0 spiro atoms. The van der Waals surface area contributed by atoms with E-state index in [1.807, 2.05) is 30.5 Å². The van der Waals surface area contributed by atoms with Gasteiger partial charge in [0.1, 0.15) is 17.9 Å². The minimum atomic E-state index is -0.0476. The molecule has 0 bridgehead atoms. The van der Waals surface area contributed by atoms with Crippen LogP contribution in [0.2, 0.25) is 0 Å². The predicted octanol–water partition coefficient (Wildman–Crippen LogP) is 3.15. The highest BCUT2D eigenvalue weighted by Gasteiger charge is 2.29. The molecule has 0 saturated carbocycles. The normalized spacial score (nSPS) is 20.0. The van der Waals surface area contributed by atoms with Gasteiger partial charge < -0.3 is 14.5 Å². The zero-order chi connectivity index (χ0) is 17.1. The monoisotopic (exact) mass is 337 g/mol. The van der Waals surface area contributed by atoms with Crippen molar-refractivity contribution in [3.63, 3.8) is 0 Å². The molecule has 1 aromatic carbocycles. The Kier molecular flexibility index (Phi) is 4.78. The Labute approximate surface area is 147 Å². The van der Waals surface area contributed by atoms with Crippen molar-refractivity contribution in [2.75, 3.05) is 26.8 Å². The first-order valence-corrected chi connectivity index (χ1v) is 8.68. The van der Waals surface area contributed by atoms with Crippen LogP contribution in [0.1, 0.15) is 17.2 Å². The standard InChI is InChI=1S/C20H23N3O2/c1-24-19(15-6-3-2-4-7-15)18-14-23(10-11-25-18)13-16-12-22-20-17(16)8-5-9-21-20/h2-9,12,18-19H,10-11,13-14H2,1H3,(H,21,22)/t18?,19-/m1/s1. The molecule has 5 heteroatoms. The first-order chi connectivity index (χ1) is 12.3. The number of rotatable bonds is 5. The van der Waals surface area contributed by atoms with Gasteiger partial charge in [0.05, 0.1) is 6.61 Å². The van der Waals surface area contributed by atoms with Gasteiger partial charge in [-0.3, -0.25) is 4.90 Å². The van der Waals surface area contributed by atoms with Crippen molar-refractivity contribution in [1.82, 2.24) is 14.9 Å². The molecule has 4 rings (SSSR count). The maximum atomic E-state index is 6.04. The van der Waals surface area contributed by atoms with Crippen LogP contribution in [0.4, 0.5) is 0 Å². The molecule has 1 aliphatic heterocycles. The lowest BCUT2D eigenvalue weighted by Crippen LogP contribution is -2.45. The van der Waals surface area contributed by atoms with Crippen molar-refractivity contribution in [2.45, 2.75) is 18.8 Å². The molecule has 1 saturated heterocycles. The van der Waals surface area contributed by atoms with E-state index in [4.69, 9.17) is 9.47 Å². The lowest BCUT2D eigenvalue weighted by atomic mass is 10.0. The van der Waals surface area contributed by atoms with Gasteiger partial charge in [-0.25, -0.2) is 4.98 Å². The summed E-state index contributed by atoms with van der Waals surface area (Å²) in [5, 5.41) is 1.19. The molecule has 2 aromatic heterocycles. The molecule has 0 radical (unpaired) electrons. The van der Waals surface area contributed by atoms with Crippen LogP contribution in [-0.4, -0.2) is 47.8 Å². The summed E-state index contributed by atoms with van der Waals surface area (Å²) in [5.74, 6) is 0. The van der Waals surface area contributed by atoms with Gasteiger partial charge >= 0.3 is 0 Å². The minimum absolute atomic E-state index is 0.0319. The van der Waals surface area contributed by atoms with Crippen LogP contribution in [0.5, 0.6) is 0 Å². The van der Waals surface area contributed by atoms with E-state index in [1.54, 1.807) is 7.11 Å². The number of fused-ring (bicyclic) bond motifs is 1. The average molecular weight is 337 g/mol. The van der Waals surface area contributed by atoms with Gasteiger partial charge in [-0.2, -0.15) is 0 Å². The van der Waals surface area contributed by atoms with Crippen LogP contribution in [0, 0.1) is 0 Å². The number of methoxy groups -OCH3 is 1. The van der Waals surface area contributed by atoms with Crippen LogP contribution in [0.25, 0.3) is 11.0 Å². The number of morpholine rings is 1. The fourth-order valence-corrected chi connectivity index (χ4v) is 3.59.